The summed E-state index contributed by atoms with van der Waals surface area (Å²) in [6.45, 7) is 42.1. The highest BCUT2D eigenvalue weighted by Crippen LogP contribution is 2.74. The van der Waals surface area contributed by atoms with Crippen molar-refractivity contribution in [1.82, 2.24) is 9.80 Å². The van der Waals surface area contributed by atoms with Gasteiger partial charge in [0.15, 0.2) is 6.71 Å². The molecule has 2 heterocycles. The molecule has 109 heavy (non-hydrogen) atoms. The molecule has 3 heteroatoms. The summed E-state index contributed by atoms with van der Waals surface area (Å²) < 4.78 is 0. The maximum absolute atomic E-state index is 4.00. The van der Waals surface area contributed by atoms with Crippen LogP contribution in [-0.2, 0) is 0 Å². The fourth-order valence-corrected chi connectivity index (χ4v) is 38.7. The van der Waals surface area contributed by atoms with Crippen molar-refractivity contribution < 1.29 is 0 Å². The number of rotatable bonds is 8. The van der Waals surface area contributed by atoms with Crippen molar-refractivity contribution >= 4 is 6.71 Å². The smallest absolute Gasteiger partial charge is 0.156 e. The van der Waals surface area contributed by atoms with Crippen molar-refractivity contribution in [2.45, 2.75) is 466 Å². The van der Waals surface area contributed by atoms with E-state index < -0.39 is 0 Å². The van der Waals surface area contributed by atoms with E-state index in [1.807, 2.05) is 0 Å². The fourth-order valence-electron chi connectivity index (χ4n) is 38.7. The first kappa shape index (κ1) is 78.8. The van der Waals surface area contributed by atoms with Gasteiger partial charge in [-0.3, -0.25) is 9.80 Å². The van der Waals surface area contributed by atoms with Gasteiger partial charge in [0, 0.05) is 36.3 Å². The van der Waals surface area contributed by atoms with Crippen LogP contribution in [0.25, 0.3) is 0 Å². The second-order valence-corrected chi connectivity index (χ2v) is 52.7. The molecule has 2 nitrogen and oxygen atoms in total. The first-order valence-electron chi connectivity index (χ1n) is 51.8. The maximum atomic E-state index is 4.00. The lowest BCUT2D eigenvalue weighted by molar-refractivity contribution is -0.162. The topological polar surface area (TPSA) is 6.48 Å². The molecule has 2 aliphatic heterocycles. The summed E-state index contributed by atoms with van der Waals surface area (Å²) in [6, 6.07) is 4.98. The van der Waals surface area contributed by atoms with Crippen LogP contribution in [0.1, 0.15) is 412 Å². The molecule has 19 rings (SSSR count). The van der Waals surface area contributed by atoms with Crippen molar-refractivity contribution in [2.24, 2.45) is 199 Å². The van der Waals surface area contributed by atoms with Crippen molar-refractivity contribution in [3.63, 3.8) is 0 Å². The van der Waals surface area contributed by atoms with E-state index >= 15 is 0 Å². The highest BCUT2D eigenvalue weighted by atomic mass is 15.3. The lowest BCUT2D eigenvalue weighted by Gasteiger charge is -2.73. The molecule has 0 aromatic heterocycles. The van der Waals surface area contributed by atoms with Gasteiger partial charge in [-0.05, 0) is 357 Å². The second-order valence-electron chi connectivity index (χ2n) is 52.7. The van der Waals surface area contributed by atoms with Crippen LogP contribution in [0.2, 0.25) is 17.5 Å². The molecule has 19 fully saturated rings. The van der Waals surface area contributed by atoms with Gasteiger partial charge in [-0.25, -0.2) is 0 Å². The third-order valence-electron chi connectivity index (χ3n) is 43.5. The van der Waals surface area contributed by atoms with Crippen molar-refractivity contribution in [3.8, 4) is 0 Å². The Bertz CT molecular complexity index is 2780. The molecule has 0 radical (unpaired) electrons. The average Bonchev–Trinajstić information content (AvgIpc) is 0.688. The number of nitrogens with zero attached hydrogens (tertiary/aromatic N) is 2. The monoisotopic (exact) mass is 1490 g/mol. The van der Waals surface area contributed by atoms with Gasteiger partial charge in [0.25, 0.3) is 0 Å². The van der Waals surface area contributed by atoms with E-state index in [-0.39, 0.29) is 0 Å². The van der Waals surface area contributed by atoms with E-state index in [1.54, 1.807) is 283 Å². The Morgan fingerprint density at radius 3 is 0.780 bits per heavy atom. The Morgan fingerprint density at radius 2 is 0.468 bits per heavy atom. The number of hydrogen-bond acceptors (Lipinski definition) is 2. The minimum atomic E-state index is 0.330. The van der Waals surface area contributed by atoms with E-state index in [0.29, 0.717) is 27.1 Å². The molecule has 2 saturated heterocycles. The molecule has 0 bridgehead atoms. The Balaban J connectivity index is 0.778. The van der Waals surface area contributed by atoms with Crippen LogP contribution >= 0.6 is 0 Å². The Morgan fingerprint density at radius 1 is 0.193 bits per heavy atom. The third kappa shape index (κ3) is 14.4. The lowest BCUT2D eigenvalue weighted by Crippen LogP contribution is -2.77. The summed E-state index contributed by atoms with van der Waals surface area (Å²) in [4.78, 5) is 8.00. The third-order valence-corrected chi connectivity index (χ3v) is 43.5. The molecule has 0 spiro atoms. The molecule has 17 aliphatic carbocycles. The van der Waals surface area contributed by atoms with Crippen LogP contribution in [0.3, 0.4) is 0 Å². The van der Waals surface area contributed by atoms with Crippen LogP contribution < -0.4 is 0 Å². The average molecular weight is 1490 g/mol. The van der Waals surface area contributed by atoms with Gasteiger partial charge in [0.1, 0.15) is 0 Å². The molecule has 0 N–H and O–H groups in total. The maximum Gasteiger partial charge on any atom is 0.156 e. The van der Waals surface area contributed by atoms with Gasteiger partial charge in [-0.2, -0.15) is 0 Å². The summed E-state index contributed by atoms with van der Waals surface area (Å²) in [6.07, 6.45) is 75.9. The van der Waals surface area contributed by atoms with Gasteiger partial charge in [0.2, 0.25) is 0 Å². The SMILES string of the molecule is CC(C)(C)C1CC2CCC3CC(C(C)(C)C)CC4C(C5CCC6B7C8CCC(C9CC%10CC(C(C)(C)C)CC%11CCC%12CC(C(C)(C)C)CC9C%12C%11%10)CC8N(C8C(C9CCCCC9)CCCC8C8CCCCC8)C8CC(C(C)(C)C)CC(C78)N(C7C(C8CCCCC8)CCCC7C7CCCCC7)C6C5)CC(C1)C2C34. The highest BCUT2D eigenvalue weighted by molar-refractivity contribution is 6.65. The molecule has 0 aromatic rings. The first-order chi connectivity index (χ1) is 52.2. The molecule has 17 saturated carbocycles. The standard InChI is InChI=1S/C106H179BN2/c1-102(2,3)76-50-70-42-44-72-52-78(104(7,8)9)60-87-85(56-74(54-76)95(70)97(72)87)68-46-48-89-91(58-68)108(100-81(64-30-20-16-21-31-64)38-28-39-82(100)65-32-22-17-23-33-65)93-62-80(106(13,14)15)63-94-99(93)107(89)90-49-47-69(59-92(90)109(94)101-83(66-34-24-18-25-35-66)40-29-41-84(101)67-36-26-19-27-37-67)86-57-75-55-77(103(4,5)6)51-71-43-45-73-53-79(105(10,11)12)61-88(86)98(73)96(71)75/h64-101H,16-63H2,1-15H3. The van der Waals surface area contributed by atoms with Gasteiger partial charge >= 0.3 is 0 Å². The quantitative estimate of drug-likeness (QED) is 0.224. The summed E-state index contributed by atoms with van der Waals surface area (Å²) in [5.41, 5.74) is 2.07. The van der Waals surface area contributed by atoms with E-state index in [9.17, 15) is 0 Å². The zero-order chi connectivity index (χ0) is 75.1. The molecular weight excluding hydrogens is 1310 g/mol. The summed E-state index contributed by atoms with van der Waals surface area (Å²) in [7, 11) is 0. The Labute approximate surface area is 676 Å². The van der Waals surface area contributed by atoms with E-state index in [1.165, 1.54) is 25.7 Å². The van der Waals surface area contributed by atoms with Gasteiger partial charge in [-0.15, -0.1) is 0 Å². The first-order valence-corrected chi connectivity index (χ1v) is 51.8. The van der Waals surface area contributed by atoms with Gasteiger partial charge in [0.05, 0.1) is 0 Å². The summed E-state index contributed by atoms with van der Waals surface area (Å²) in [5.74, 6) is 31.2. The van der Waals surface area contributed by atoms with E-state index in [4.69, 9.17) is 0 Å². The number of hydrogen-bond donors (Lipinski definition) is 0. The minimum absolute atomic E-state index is 0.330. The normalized spacial score (nSPS) is 50.2. The largest absolute Gasteiger partial charge is 0.295 e. The molecule has 19 aliphatic rings. The molecule has 30 atom stereocenters. The van der Waals surface area contributed by atoms with Gasteiger partial charge < -0.3 is 0 Å². The second kappa shape index (κ2) is 30.6. The lowest BCUT2D eigenvalue weighted by atomic mass is 9.18. The molecule has 0 amide bonds. The van der Waals surface area contributed by atoms with Crippen LogP contribution in [0.15, 0.2) is 0 Å². The zero-order valence-corrected chi connectivity index (χ0v) is 74.9. The number of fused-ring (bicyclic) bond motifs is 4. The summed E-state index contributed by atoms with van der Waals surface area (Å²) in [5, 5.41) is 0. The molecule has 0 aromatic carbocycles. The van der Waals surface area contributed by atoms with Crippen molar-refractivity contribution in [1.29, 1.82) is 0 Å². The summed E-state index contributed by atoms with van der Waals surface area (Å²) >= 11 is 0. The fraction of sp³-hybridized carbons (Fsp3) is 1.00. The van der Waals surface area contributed by atoms with Crippen LogP contribution in [-0.4, -0.2) is 52.8 Å². The van der Waals surface area contributed by atoms with Gasteiger partial charge in [-0.1, -0.05) is 271 Å². The predicted molar refractivity (Wildman–Crippen MR) is 464 cm³/mol. The van der Waals surface area contributed by atoms with Crippen LogP contribution in [0.5, 0.6) is 0 Å². The zero-order valence-electron chi connectivity index (χ0n) is 74.9. The highest BCUT2D eigenvalue weighted by Gasteiger charge is 2.71. The van der Waals surface area contributed by atoms with E-state index in [2.05, 4.69) is 114 Å². The van der Waals surface area contributed by atoms with Crippen molar-refractivity contribution in [2.75, 3.05) is 0 Å². The predicted octanol–water partition coefficient (Wildman–Crippen LogP) is 29.5. The molecule has 30 unspecified atom stereocenters. The Kier molecular flexibility index (Phi) is 22.1. The minimum Gasteiger partial charge on any atom is -0.295 e. The van der Waals surface area contributed by atoms with Crippen molar-refractivity contribution in [3.05, 3.63) is 0 Å². The van der Waals surface area contributed by atoms with Crippen LogP contribution in [0.4, 0.5) is 0 Å². The molecular formula is C106H179BN2. The van der Waals surface area contributed by atoms with E-state index in [0.717, 1.165) is 232 Å². The van der Waals surface area contributed by atoms with Crippen LogP contribution in [0, 0.1) is 199 Å². The molecule has 616 valence electrons. The Hall–Kier alpha value is -0.0151.